The molecule has 0 spiro atoms. The van der Waals surface area contributed by atoms with Crippen LogP contribution in [0.5, 0.6) is 0 Å². The van der Waals surface area contributed by atoms with Crippen LogP contribution in [0.15, 0.2) is 65.5 Å². The van der Waals surface area contributed by atoms with Crippen LogP contribution in [0.25, 0.3) is 11.0 Å². The molecule has 0 amide bonds. The lowest BCUT2D eigenvalue weighted by Gasteiger charge is -2.25. The van der Waals surface area contributed by atoms with Gasteiger partial charge in [-0.2, -0.15) is 0 Å². The molecule has 1 aromatic heterocycles. The van der Waals surface area contributed by atoms with Crippen molar-refractivity contribution in [3.05, 3.63) is 71.1 Å². The molecule has 1 aliphatic heterocycles. The van der Waals surface area contributed by atoms with Gasteiger partial charge in [-0.25, -0.2) is 4.39 Å². The molecule has 0 radical (unpaired) electrons. The van der Waals surface area contributed by atoms with E-state index in [-0.39, 0.29) is 5.83 Å². The summed E-state index contributed by atoms with van der Waals surface area (Å²) in [6, 6.07) is 6.05. The second kappa shape index (κ2) is 7.28. The van der Waals surface area contributed by atoms with E-state index in [9.17, 15) is 4.39 Å². The lowest BCUT2D eigenvalue weighted by molar-refractivity contribution is 0.400. The van der Waals surface area contributed by atoms with Gasteiger partial charge in [0.25, 0.3) is 0 Å². The fourth-order valence-electron chi connectivity index (χ4n) is 3.58. The largest absolute Gasteiger partial charge is 0.379 e. The highest BCUT2D eigenvalue weighted by atomic mass is 19.1. The van der Waals surface area contributed by atoms with Crippen molar-refractivity contribution < 1.29 is 4.39 Å². The molecule has 2 heterocycles. The van der Waals surface area contributed by atoms with E-state index in [1.165, 1.54) is 0 Å². The van der Waals surface area contributed by atoms with Crippen LogP contribution < -0.4 is 5.32 Å². The number of hydrogen-bond acceptors (Lipinski definition) is 4. The molecule has 5 heteroatoms. The summed E-state index contributed by atoms with van der Waals surface area (Å²) < 4.78 is 14.9. The van der Waals surface area contributed by atoms with Crippen molar-refractivity contribution >= 4 is 11.0 Å². The SMILES string of the molecule is CC1=CC=C(NCc2ccc3nccnc3c2)C(N2CCCC2)=C(F)C1. The van der Waals surface area contributed by atoms with Crippen LogP contribution >= 0.6 is 0 Å². The van der Waals surface area contributed by atoms with Gasteiger partial charge in [-0.1, -0.05) is 17.7 Å². The Labute approximate surface area is 153 Å². The Morgan fingerprint density at radius 1 is 1.08 bits per heavy atom. The molecular weight excluding hydrogens is 327 g/mol. The molecule has 1 aliphatic carbocycles. The number of likely N-dealkylation sites (tertiary alicyclic amines) is 1. The van der Waals surface area contributed by atoms with Gasteiger partial charge in [0.2, 0.25) is 0 Å². The monoisotopic (exact) mass is 350 g/mol. The van der Waals surface area contributed by atoms with Crippen LogP contribution in [-0.2, 0) is 6.54 Å². The normalized spacial score (nSPS) is 18.0. The maximum absolute atomic E-state index is 14.9. The Morgan fingerprint density at radius 2 is 1.85 bits per heavy atom. The Kier molecular flexibility index (Phi) is 4.69. The molecule has 1 aromatic carbocycles. The summed E-state index contributed by atoms with van der Waals surface area (Å²) in [5, 5.41) is 3.45. The quantitative estimate of drug-likeness (QED) is 0.896. The highest BCUT2D eigenvalue weighted by molar-refractivity contribution is 5.74. The van der Waals surface area contributed by atoms with Crippen LogP contribution in [0.3, 0.4) is 0 Å². The first-order chi connectivity index (χ1) is 12.7. The van der Waals surface area contributed by atoms with Crippen molar-refractivity contribution in [1.82, 2.24) is 20.2 Å². The summed E-state index contributed by atoms with van der Waals surface area (Å²) in [4.78, 5) is 10.8. The molecule has 0 bridgehead atoms. The third kappa shape index (κ3) is 3.47. The van der Waals surface area contributed by atoms with Gasteiger partial charge in [-0.05, 0) is 43.5 Å². The number of nitrogens with one attached hydrogen (secondary N) is 1. The van der Waals surface area contributed by atoms with Gasteiger partial charge in [-0.3, -0.25) is 9.97 Å². The summed E-state index contributed by atoms with van der Waals surface area (Å²) in [6.07, 6.45) is 10.1. The zero-order valence-electron chi connectivity index (χ0n) is 15.0. The minimum Gasteiger partial charge on any atom is -0.379 e. The number of nitrogens with zero attached hydrogens (tertiary/aromatic N) is 3. The van der Waals surface area contributed by atoms with Crippen molar-refractivity contribution in [2.45, 2.75) is 32.7 Å². The molecule has 4 nitrogen and oxygen atoms in total. The zero-order chi connectivity index (χ0) is 17.9. The average Bonchev–Trinajstić information content (AvgIpc) is 3.13. The third-order valence-electron chi connectivity index (χ3n) is 4.92. The molecule has 0 unspecified atom stereocenters. The number of hydrogen-bond donors (Lipinski definition) is 1. The fraction of sp³-hybridized carbons (Fsp3) is 0.333. The van der Waals surface area contributed by atoms with E-state index in [2.05, 4.69) is 20.2 Å². The molecule has 2 aliphatic rings. The van der Waals surface area contributed by atoms with Gasteiger partial charge in [-0.15, -0.1) is 0 Å². The molecular formula is C21H23FN4. The van der Waals surface area contributed by atoms with Crippen molar-refractivity contribution in [1.29, 1.82) is 0 Å². The molecule has 1 saturated heterocycles. The summed E-state index contributed by atoms with van der Waals surface area (Å²) >= 11 is 0. The molecule has 0 saturated carbocycles. The minimum absolute atomic E-state index is 0.0405. The maximum atomic E-state index is 14.9. The zero-order valence-corrected chi connectivity index (χ0v) is 15.0. The van der Waals surface area contributed by atoms with Gasteiger partial charge >= 0.3 is 0 Å². The number of fused-ring (bicyclic) bond motifs is 1. The molecule has 134 valence electrons. The average molecular weight is 350 g/mol. The summed E-state index contributed by atoms with van der Waals surface area (Å²) in [5.41, 5.74) is 5.49. The second-order valence-electron chi connectivity index (χ2n) is 6.95. The fourth-order valence-corrected chi connectivity index (χ4v) is 3.58. The van der Waals surface area contributed by atoms with Crippen LogP contribution in [0.4, 0.5) is 4.39 Å². The first-order valence-corrected chi connectivity index (χ1v) is 9.15. The topological polar surface area (TPSA) is 41.1 Å². The van der Waals surface area contributed by atoms with E-state index in [0.717, 1.165) is 59.5 Å². The predicted molar refractivity (Wildman–Crippen MR) is 102 cm³/mol. The van der Waals surface area contributed by atoms with E-state index in [1.54, 1.807) is 12.4 Å². The van der Waals surface area contributed by atoms with Crippen molar-refractivity contribution in [2.75, 3.05) is 13.1 Å². The van der Waals surface area contributed by atoms with Crippen molar-refractivity contribution in [2.24, 2.45) is 0 Å². The van der Waals surface area contributed by atoms with Gasteiger partial charge < -0.3 is 10.2 Å². The van der Waals surface area contributed by atoms with Gasteiger partial charge in [0.05, 0.1) is 22.4 Å². The lowest BCUT2D eigenvalue weighted by Crippen LogP contribution is -2.27. The summed E-state index contributed by atoms with van der Waals surface area (Å²) in [5.74, 6) is -0.0405. The number of allylic oxidation sites excluding steroid dienone is 4. The smallest absolute Gasteiger partial charge is 0.129 e. The Hall–Kier alpha value is -2.69. The van der Waals surface area contributed by atoms with Crippen LogP contribution in [0.1, 0.15) is 31.7 Å². The van der Waals surface area contributed by atoms with Gasteiger partial charge in [0.15, 0.2) is 0 Å². The first kappa shape index (κ1) is 16.8. The van der Waals surface area contributed by atoms with Crippen LogP contribution in [0, 0.1) is 0 Å². The second-order valence-corrected chi connectivity index (χ2v) is 6.95. The number of rotatable bonds is 4. The number of halogens is 1. The maximum Gasteiger partial charge on any atom is 0.129 e. The van der Waals surface area contributed by atoms with Crippen molar-refractivity contribution in [3.8, 4) is 0 Å². The van der Waals surface area contributed by atoms with Crippen LogP contribution in [-0.4, -0.2) is 28.0 Å². The van der Waals surface area contributed by atoms with E-state index >= 15 is 0 Å². The minimum atomic E-state index is -0.0405. The van der Waals surface area contributed by atoms with E-state index < -0.39 is 0 Å². The van der Waals surface area contributed by atoms with E-state index in [4.69, 9.17) is 0 Å². The van der Waals surface area contributed by atoms with Gasteiger partial charge in [0, 0.05) is 38.4 Å². The first-order valence-electron chi connectivity index (χ1n) is 9.15. The molecule has 26 heavy (non-hydrogen) atoms. The number of aromatic nitrogens is 2. The third-order valence-corrected chi connectivity index (χ3v) is 4.92. The standard InChI is InChI=1S/C21H23FN4/c1-15-4-6-19(21(17(22)12-15)26-10-2-3-11-26)25-14-16-5-7-18-20(13-16)24-9-8-23-18/h4-9,13,25H,2-3,10-12,14H2,1H3. The Bertz CT molecular complexity index is 907. The molecule has 4 rings (SSSR count). The summed E-state index contributed by atoms with van der Waals surface area (Å²) in [7, 11) is 0. The molecule has 1 fully saturated rings. The number of benzene rings is 1. The van der Waals surface area contributed by atoms with E-state index in [0.29, 0.717) is 13.0 Å². The van der Waals surface area contributed by atoms with Crippen LogP contribution in [0.2, 0.25) is 0 Å². The molecule has 1 N–H and O–H groups in total. The Morgan fingerprint density at radius 3 is 2.65 bits per heavy atom. The summed E-state index contributed by atoms with van der Waals surface area (Å²) in [6.45, 7) is 4.44. The molecule has 2 aromatic rings. The van der Waals surface area contributed by atoms with Gasteiger partial charge in [0.1, 0.15) is 5.83 Å². The molecule has 0 atom stereocenters. The lowest BCUT2D eigenvalue weighted by atomic mass is 10.1. The Balaban J connectivity index is 1.58. The predicted octanol–water partition coefficient (Wildman–Crippen LogP) is 4.23. The highest BCUT2D eigenvalue weighted by Crippen LogP contribution is 2.30. The highest BCUT2D eigenvalue weighted by Gasteiger charge is 2.23. The van der Waals surface area contributed by atoms with E-state index in [1.807, 2.05) is 37.3 Å². The van der Waals surface area contributed by atoms with Crippen molar-refractivity contribution in [3.63, 3.8) is 0 Å².